The van der Waals surface area contributed by atoms with E-state index in [1.165, 1.54) is 10.2 Å². The summed E-state index contributed by atoms with van der Waals surface area (Å²) in [5, 5.41) is 18.7. The minimum absolute atomic E-state index is 0.628. The van der Waals surface area contributed by atoms with Gasteiger partial charge in [0, 0.05) is 5.69 Å². The predicted octanol–water partition coefficient (Wildman–Crippen LogP) is 2.17. The molecule has 3 rings (SSSR count). The van der Waals surface area contributed by atoms with E-state index in [0.29, 0.717) is 11.5 Å². The van der Waals surface area contributed by atoms with Crippen LogP contribution in [0.15, 0.2) is 36.4 Å². The van der Waals surface area contributed by atoms with E-state index in [1.54, 1.807) is 0 Å². The van der Waals surface area contributed by atoms with Gasteiger partial charge < -0.3 is 5.32 Å². The van der Waals surface area contributed by atoms with Crippen molar-refractivity contribution < 1.29 is 0 Å². The molecule has 0 spiro atoms. The van der Waals surface area contributed by atoms with Crippen LogP contribution in [-0.4, -0.2) is 37.3 Å². The van der Waals surface area contributed by atoms with Gasteiger partial charge in [0.25, 0.3) is 0 Å². The molecule has 0 atom stereocenters. The van der Waals surface area contributed by atoms with Crippen molar-refractivity contribution in [1.29, 1.82) is 0 Å². The molecule has 6 nitrogen and oxygen atoms in total. The van der Waals surface area contributed by atoms with E-state index in [1.807, 2.05) is 23.9 Å². The van der Waals surface area contributed by atoms with Crippen molar-refractivity contribution in [2.75, 3.05) is 17.3 Å². The Hall–Kier alpha value is -2.15. The van der Waals surface area contributed by atoms with Gasteiger partial charge in [0.15, 0.2) is 11.5 Å². The lowest BCUT2D eigenvalue weighted by Crippen LogP contribution is -2.00. The lowest BCUT2D eigenvalue weighted by Gasteiger charge is -2.06. The number of thioether (sulfide) groups is 1. The Balaban J connectivity index is 1.73. The van der Waals surface area contributed by atoms with Crippen LogP contribution in [0.2, 0.25) is 0 Å². The third-order valence-corrected chi connectivity index (χ3v) is 3.50. The van der Waals surface area contributed by atoms with E-state index in [9.17, 15) is 0 Å². The molecule has 1 aromatic carbocycles. The Bertz CT molecular complexity index is 693. The number of fused-ring (bicyclic) bond motifs is 1. The van der Waals surface area contributed by atoms with Crippen LogP contribution >= 0.6 is 11.8 Å². The Morgan fingerprint density at radius 3 is 2.80 bits per heavy atom. The second-order valence-electron chi connectivity index (χ2n) is 4.31. The first-order valence-electron chi connectivity index (χ1n) is 6.25. The summed E-state index contributed by atoms with van der Waals surface area (Å²) in [5.74, 6) is 1.85. The molecule has 0 unspecified atom stereocenters. The minimum Gasteiger partial charge on any atom is -0.339 e. The van der Waals surface area contributed by atoms with Gasteiger partial charge in [-0.25, -0.2) is 0 Å². The molecule has 2 heterocycles. The molecule has 0 radical (unpaired) electrons. The normalized spacial score (nSPS) is 10.8. The first kappa shape index (κ1) is 12.9. The minimum atomic E-state index is 0.628. The van der Waals surface area contributed by atoms with Crippen LogP contribution in [0, 0.1) is 0 Å². The Morgan fingerprint density at radius 1 is 1.15 bits per heavy atom. The van der Waals surface area contributed by atoms with Crippen molar-refractivity contribution in [2.24, 2.45) is 0 Å². The van der Waals surface area contributed by atoms with Gasteiger partial charge in [-0.05, 0) is 58.7 Å². The monoisotopic (exact) mass is 286 g/mol. The van der Waals surface area contributed by atoms with Crippen molar-refractivity contribution in [2.45, 2.75) is 6.42 Å². The van der Waals surface area contributed by atoms with Crippen LogP contribution in [0.4, 0.5) is 11.5 Å². The highest BCUT2D eigenvalue weighted by Crippen LogP contribution is 2.16. The van der Waals surface area contributed by atoms with Crippen LogP contribution < -0.4 is 5.32 Å². The molecule has 7 heteroatoms. The fraction of sp³-hybridized carbons (Fsp3) is 0.231. The smallest absolute Gasteiger partial charge is 0.200 e. The number of benzene rings is 1. The fourth-order valence-electron chi connectivity index (χ4n) is 1.84. The molecule has 0 aliphatic rings. The molecule has 102 valence electrons. The number of nitrogens with zero attached hydrogens (tertiary/aromatic N) is 5. The Morgan fingerprint density at radius 2 is 2.00 bits per heavy atom. The van der Waals surface area contributed by atoms with Gasteiger partial charge in [-0.1, -0.05) is 12.1 Å². The average molecular weight is 286 g/mol. The van der Waals surface area contributed by atoms with Crippen molar-refractivity contribution >= 4 is 28.9 Å². The number of hydrogen-bond acceptors (Lipinski definition) is 6. The van der Waals surface area contributed by atoms with Gasteiger partial charge in [-0.15, -0.1) is 14.8 Å². The number of rotatable bonds is 5. The largest absolute Gasteiger partial charge is 0.339 e. The van der Waals surface area contributed by atoms with E-state index in [4.69, 9.17) is 0 Å². The Labute approximate surface area is 120 Å². The third kappa shape index (κ3) is 2.88. The van der Waals surface area contributed by atoms with Gasteiger partial charge in [0.1, 0.15) is 0 Å². The number of aromatic nitrogens is 5. The maximum Gasteiger partial charge on any atom is 0.200 e. The number of anilines is 2. The average Bonchev–Trinajstić information content (AvgIpc) is 2.94. The fourth-order valence-corrected chi connectivity index (χ4v) is 2.28. The van der Waals surface area contributed by atoms with E-state index in [2.05, 4.69) is 56.5 Å². The highest BCUT2D eigenvalue weighted by atomic mass is 32.2. The van der Waals surface area contributed by atoms with Crippen LogP contribution in [0.1, 0.15) is 5.56 Å². The van der Waals surface area contributed by atoms with Gasteiger partial charge in [-0.2, -0.15) is 11.8 Å². The first-order chi connectivity index (χ1) is 9.85. The van der Waals surface area contributed by atoms with E-state index in [0.717, 1.165) is 17.9 Å². The Kier molecular flexibility index (Phi) is 3.78. The summed E-state index contributed by atoms with van der Waals surface area (Å²) in [7, 11) is 0. The molecule has 3 aromatic rings. The van der Waals surface area contributed by atoms with Crippen LogP contribution in [0.5, 0.6) is 0 Å². The molecular formula is C13H14N6S. The molecule has 1 N–H and O–H groups in total. The topological polar surface area (TPSA) is 68.0 Å². The summed E-state index contributed by atoms with van der Waals surface area (Å²) in [6.45, 7) is 0. The van der Waals surface area contributed by atoms with Gasteiger partial charge in [0.05, 0.1) is 0 Å². The number of aryl methyl sites for hydroxylation is 1. The number of nitrogens with one attached hydrogen (secondary N) is 1. The quantitative estimate of drug-likeness (QED) is 0.775. The summed E-state index contributed by atoms with van der Waals surface area (Å²) >= 11 is 1.86. The summed E-state index contributed by atoms with van der Waals surface area (Å²) < 4.78 is 1.40. The zero-order chi connectivity index (χ0) is 13.8. The molecule has 0 saturated carbocycles. The first-order valence-corrected chi connectivity index (χ1v) is 7.65. The van der Waals surface area contributed by atoms with E-state index in [-0.39, 0.29) is 0 Å². The van der Waals surface area contributed by atoms with Gasteiger partial charge in [0.2, 0.25) is 0 Å². The van der Waals surface area contributed by atoms with Crippen molar-refractivity contribution in [1.82, 2.24) is 25.3 Å². The van der Waals surface area contributed by atoms with Gasteiger partial charge in [-0.3, -0.25) is 0 Å². The second-order valence-corrected chi connectivity index (χ2v) is 5.30. The SMILES string of the molecule is CSCCc1ccc(Nc2ccc3nnnn3n2)cc1. The highest BCUT2D eigenvalue weighted by molar-refractivity contribution is 7.98. The molecule has 0 saturated heterocycles. The molecular weight excluding hydrogens is 272 g/mol. The number of hydrogen-bond donors (Lipinski definition) is 1. The lowest BCUT2D eigenvalue weighted by atomic mass is 10.1. The molecule has 0 aliphatic heterocycles. The van der Waals surface area contributed by atoms with E-state index < -0.39 is 0 Å². The molecule has 0 aliphatic carbocycles. The van der Waals surface area contributed by atoms with Crippen LogP contribution in [-0.2, 0) is 6.42 Å². The van der Waals surface area contributed by atoms with Crippen molar-refractivity contribution in [3.63, 3.8) is 0 Å². The summed E-state index contributed by atoms with van der Waals surface area (Å²) in [5.41, 5.74) is 2.97. The van der Waals surface area contributed by atoms with Crippen LogP contribution in [0.25, 0.3) is 5.65 Å². The maximum absolute atomic E-state index is 4.27. The summed E-state index contributed by atoms with van der Waals surface area (Å²) in [4.78, 5) is 0. The summed E-state index contributed by atoms with van der Waals surface area (Å²) in [6, 6.07) is 12.1. The highest BCUT2D eigenvalue weighted by Gasteiger charge is 2.01. The summed E-state index contributed by atoms with van der Waals surface area (Å²) in [6.07, 6.45) is 3.22. The molecule has 2 aromatic heterocycles. The zero-order valence-electron chi connectivity index (χ0n) is 11.0. The number of tetrazole rings is 1. The molecule has 0 amide bonds. The zero-order valence-corrected chi connectivity index (χ0v) is 11.8. The second kappa shape index (κ2) is 5.87. The van der Waals surface area contributed by atoms with E-state index >= 15 is 0 Å². The van der Waals surface area contributed by atoms with Gasteiger partial charge >= 0.3 is 0 Å². The van der Waals surface area contributed by atoms with Crippen molar-refractivity contribution in [3.8, 4) is 0 Å². The maximum atomic E-state index is 4.27. The third-order valence-electron chi connectivity index (χ3n) is 2.89. The molecule has 20 heavy (non-hydrogen) atoms. The van der Waals surface area contributed by atoms with Crippen LogP contribution in [0.3, 0.4) is 0 Å². The lowest BCUT2D eigenvalue weighted by molar-refractivity contribution is 0.736. The standard InChI is InChI=1S/C13H14N6S/c1-20-9-8-10-2-4-11(5-3-10)14-12-6-7-13-15-17-18-19(13)16-12/h2-7H,8-9H2,1H3,(H,14,16). The predicted molar refractivity (Wildman–Crippen MR) is 80.4 cm³/mol. The molecule has 0 fully saturated rings. The molecule has 0 bridgehead atoms. The van der Waals surface area contributed by atoms with Crippen molar-refractivity contribution in [3.05, 3.63) is 42.0 Å².